The number of hydrogen-bond donors (Lipinski definition) is 1. The third kappa shape index (κ3) is 4.06. The monoisotopic (exact) mass is 313 g/mol. The van der Waals surface area contributed by atoms with E-state index in [1.54, 1.807) is 0 Å². The quantitative estimate of drug-likeness (QED) is 0.918. The molecule has 1 aliphatic carbocycles. The molecule has 1 aliphatic rings. The zero-order valence-electron chi connectivity index (χ0n) is 14.2. The Morgan fingerprint density at radius 3 is 2.65 bits per heavy atom. The van der Waals surface area contributed by atoms with E-state index in [9.17, 15) is 5.11 Å². The summed E-state index contributed by atoms with van der Waals surface area (Å²) in [5.74, 6) is 0.868. The number of nitrogens with zero attached hydrogens (tertiary/aromatic N) is 3. The first kappa shape index (κ1) is 16.3. The van der Waals surface area contributed by atoms with E-state index in [0.717, 1.165) is 29.0 Å². The van der Waals surface area contributed by atoms with Gasteiger partial charge >= 0.3 is 0 Å². The Kier molecular flexibility index (Phi) is 5.23. The van der Waals surface area contributed by atoms with E-state index in [2.05, 4.69) is 11.0 Å². The molecule has 1 aromatic heterocycles. The molecule has 0 amide bonds. The number of fused-ring (bicyclic) bond motifs is 1. The van der Waals surface area contributed by atoms with Crippen molar-refractivity contribution in [1.29, 1.82) is 0 Å². The van der Waals surface area contributed by atoms with Gasteiger partial charge in [-0.15, -0.1) is 0 Å². The Morgan fingerprint density at radius 1 is 1.17 bits per heavy atom. The molecule has 1 N–H and O–H groups in total. The molecule has 1 heterocycles. The fourth-order valence-electron chi connectivity index (χ4n) is 3.68. The van der Waals surface area contributed by atoms with Crippen LogP contribution in [-0.2, 0) is 6.54 Å². The van der Waals surface area contributed by atoms with Gasteiger partial charge in [-0.2, -0.15) is 0 Å². The average Bonchev–Trinajstić information content (AvgIpc) is 2.55. The maximum absolute atomic E-state index is 9.88. The molecule has 0 saturated heterocycles. The van der Waals surface area contributed by atoms with Gasteiger partial charge < -0.3 is 5.11 Å². The van der Waals surface area contributed by atoms with E-state index in [4.69, 9.17) is 9.97 Å². The van der Waals surface area contributed by atoms with E-state index in [1.807, 2.05) is 32.0 Å². The summed E-state index contributed by atoms with van der Waals surface area (Å²) in [5, 5.41) is 11.0. The van der Waals surface area contributed by atoms with E-state index < -0.39 is 0 Å². The van der Waals surface area contributed by atoms with E-state index in [1.165, 1.54) is 32.1 Å². The van der Waals surface area contributed by atoms with Crippen LogP contribution in [0.2, 0.25) is 0 Å². The average molecular weight is 313 g/mol. The van der Waals surface area contributed by atoms with Crippen molar-refractivity contribution >= 4 is 10.9 Å². The largest absolute Gasteiger partial charge is 0.392 e. The molecule has 0 aliphatic heterocycles. The predicted octanol–water partition coefficient (Wildman–Crippen LogP) is 3.45. The molecule has 1 saturated carbocycles. The standard InChI is InChI=1S/C19H27N3O/c1-14(23)12-22(16-8-4-3-5-9-16)13-19-20-15(2)17-10-6-7-11-18(17)21-19/h6-7,10-11,14,16,23H,3-5,8-9,12-13H2,1-2H3. The van der Waals surface area contributed by atoms with Crippen LogP contribution in [0.25, 0.3) is 10.9 Å². The van der Waals surface area contributed by atoms with Crippen LogP contribution in [0, 0.1) is 6.92 Å². The first-order valence-electron chi connectivity index (χ1n) is 8.78. The highest BCUT2D eigenvalue weighted by Gasteiger charge is 2.23. The molecule has 0 spiro atoms. The van der Waals surface area contributed by atoms with Crippen molar-refractivity contribution in [3.05, 3.63) is 35.8 Å². The van der Waals surface area contributed by atoms with Gasteiger partial charge in [-0.1, -0.05) is 37.5 Å². The van der Waals surface area contributed by atoms with Crippen molar-refractivity contribution in [2.24, 2.45) is 0 Å². The minimum absolute atomic E-state index is 0.321. The fourth-order valence-corrected chi connectivity index (χ4v) is 3.68. The maximum Gasteiger partial charge on any atom is 0.143 e. The van der Waals surface area contributed by atoms with Crippen LogP contribution in [0.15, 0.2) is 24.3 Å². The highest BCUT2D eigenvalue weighted by molar-refractivity contribution is 5.80. The molecule has 4 heteroatoms. The van der Waals surface area contributed by atoms with Crippen LogP contribution >= 0.6 is 0 Å². The van der Waals surface area contributed by atoms with Crippen molar-refractivity contribution in [3.8, 4) is 0 Å². The summed E-state index contributed by atoms with van der Waals surface area (Å²) in [6.07, 6.45) is 6.04. The molecule has 0 bridgehead atoms. The molecule has 1 fully saturated rings. The van der Waals surface area contributed by atoms with E-state index in [-0.39, 0.29) is 6.10 Å². The number of aromatic nitrogens is 2. The van der Waals surface area contributed by atoms with Crippen LogP contribution < -0.4 is 0 Å². The Balaban J connectivity index is 1.83. The van der Waals surface area contributed by atoms with Gasteiger partial charge in [-0.3, -0.25) is 4.90 Å². The molecule has 1 unspecified atom stereocenters. The van der Waals surface area contributed by atoms with E-state index >= 15 is 0 Å². The Morgan fingerprint density at radius 2 is 1.91 bits per heavy atom. The first-order chi connectivity index (χ1) is 11.1. The van der Waals surface area contributed by atoms with Crippen molar-refractivity contribution in [3.63, 3.8) is 0 Å². The number of rotatable bonds is 5. The molecule has 2 aromatic rings. The van der Waals surface area contributed by atoms with Gasteiger partial charge in [0, 0.05) is 23.7 Å². The lowest BCUT2D eigenvalue weighted by atomic mass is 9.94. The van der Waals surface area contributed by atoms with Gasteiger partial charge in [0.1, 0.15) is 5.82 Å². The van der Waals surface area contributed by atoms with Gasteiger partial charge in [0.2, 0.25) is 0 Å². The summed E-state index contributed by atoms with van der Waals surface area (Å²) in [6.45, 7) is 5.33. The Hall–Kier alpha value is -1.52. The zero-order chi connectivity index (χ0) is 16.2. The number of aryl methyl sites for hydroxylation is 1. The van der Waals surface area contributed by atoms with Gasteiger partial charge in [0.05, 0.1) is 18.2 Å². The molecular weight excluding hydrogens is 286 g/mol. The van der Waals surface area contributed by atoms with Gasteiger partial charge in [-0.25, -0.2) is 9.97 Å². The predicted molar refractivity (Wildman–Crippen MR) is 93.2 cm³/mol. The normalized spacial score (nSPS) is 17.7. The van der Waals surface area contributed by atoms with Crippen LogP contribution in [0.1, 0.15) is 50.5 Å². The Labute approximate surface area is 138 Å². The van der Waals surface area contributed by atoms with Crippen LogP contribution in [0.4, 0.5) is 0 Å². The summed E-state index contributed by atoms with van der Waals surface area (Å²) < 4.78 is 0. The lowest BCUT2D eigenvalue weighted by molar-refractivity contribution is 0.0750. The van der Waals surface area contributed by atoms with Gasteiger partial charge in [-0.05, 0) is 32.8 Å². The number of aliphatic hydroxyl groups is 1. The topological polar surface area (TPSA) is 49.2 Å². The summed E-state index contributed by atoms with van der Waals surface area (Å²) in [7, 11) is 0. The molecule has 4 nitrogen and oxygen atoms in total. The van der Waals surface area contributed by atoms with Crippen molar-refractivity contribution in [2.45, 2.75) is 64.6 Å². The summed E-state index contributed by atoms with van der Waals surface area (Å²) in [6, 6.07) is 8.72. The number of aliphatic hydroxyl groups excluding tert-OH is 1. The van der Waals surface area contributed by atoms with E-state index in [0.29, 0.717) is 12.6 Å². The van der Waals surface area contributed by atoms with Gasteiger partial charge in [0.25, 0.3) is 0 Å². The summed E-state index contributed by atoms with van der Waals surface area (Å²) in [4.78, 5) is 11.8. The highest BCUT2D eigenvalue weighted by atomic mass is 16.3. The van der Waals surface area contributed by atoms with Crippen molar-refractivity contribution < 1.29 is 5.11 Å². The third-order valence-corrected chi connectivity index (χ3v) is 4.77. The van der Waals surface area contributed by atoms with Crippen LogP contribution in [0.3, 0.4) is 0 Å². The molecule has 0 radical (unpaired) electrons. The molecule has 23 heavy (non-hydrogen) atoms. The summed E-state index contributed by atoms with van der Waals surface area (Å²) >= 11 is 0. The lowest BCUT2D eigenvalue weighted by Crippen LogP contribution is -2.40. The zero-order valence-corrected chi connectivity index (χ0v) is 14.2. The highest BCUT2D eigenvalue weighted by Crippen LogP contribution is 2.24. The first-order valence-corrected chi connectivity index (χ1v) is 8.78. The second kappa shape index (κ2) is 7.37. The molecule has 1 atom stereocenters. The van der Waals surface area contributed by atoms with Crippen LogP contribution in [0.5, 0.6) is 0 Å². The summed E-state index contributed by atoms with van der Waals surface area (Å²) in [5.41, 5.74) is 2.04. The smallest absolute Gasteiger partial charge is 0.143 e. The SMILES string of the molecule is Cc1nc(CN(CC(C)O)C2CCCCC2)nc2ccccc12. The van der Waals surface area contributed by atoms with Crippen molar-refractivity contribution in [1.82, 2.24) is 14.9 Å². The minimum Gasteiger partial charge on any atom is -0.392 e. The van der Waals surface area contributed by atoms with Crippen LogP contribution in [-0.4, -0.2) is 38.7 Å². The van der Waals surface area contributed by atoms with Crippen molar-refractivity contribution in [2.75, 3.05) is 6.54 Å². The number of benzene rings is 1. The Bertz CT molecular complexity index is 650. The maximum atomic E-state index is 9.88. The fraction of sp³-hybridized carbons (Fsp3) is 0.579. The van der Waals surface area contributed by atoms with Gasteiger partial charge in [0.15, 0.2) is 0 Å². The molecule has 124 valence electrons. The third-order valence-electron chi connectivity index (χ3n) is 4.77. The number of para-hydroxylation sites is 1. The lowest BCUT2D eigenvalue weighted by Gasteiger charge is -2.34. The minimum atomic E-state index is -0.321. The molecule has 1 aromatic carbocycles. The second-order valence-electron chi connectivity index (χ2n) is 6.81. The molecular formula is C19H27N3O. The molecule has 3 rings (SSSR count). The number of hydrogen-bond acceptors (Lipinski definition) is 4. The second-order valence-corrected chi connectivity index (χ2v) is 6.81.